The largest absolute Gasteiger partial charge is 0.444 e. The molecule has 6 nitrogen and oxygen atoms in total. The Labute approximate surface area is 129 Å². The maximum Gasteiger partial charge on any atom is 0.413 e. The van der Waals surface area contributed by atoms with Gasteiger partial charge in [0.1, 0.15) is 11.4 Å². The van der Waals surface area contributed by atoms with Gasteiger partial charge in [0.25, 0.3) is 0 Å². The number of nitrogens with one attached hydrogen (secondary N) is 3. The van der Waals surface area contributed by atoms with Gasteiger partial charge in [0.05, 0.1) is 6.20 Å². The Morgan fingerprint density at radius 1 is 1.57 bits per heavy atom. The van der Waals surface area contributed by atoms with Crippen LogP contribution < -0.4 is 10.6 Å². The first-order chi connectivity index (χ1) is 9.85. The molecule has 1 aromatic rings. The molecule has 1 fully saturated rings. The Kier molecular flexibility index (Phi) is 5.16. The summed E-state index contributed by atoms with van der Waals surface area (Å²) in [6, 6.07) is 0.513. The quantitative estimate of drug-likeness (QED) is 0.796. The highest BCUT2D eigenvalue weighted by Crippen LogP contribution is 2.26. The maximum absolute atomic E-state index is 11.8. The standard InChI is InChI=1S/C14H24N4O2S/c1-9-11(5-6-21-9)15-7-10-8-16-18-12(10)17-13(19)20-14(2,3)4/h8-9,11,15H,5-7H2,1-4H3,(H2,16,17,18,19). The molecular weight excluding hydrogens is 288 g/mol. The van der Waals surface area contributed by atoms with Crippen molar-refractivity contribution in [1.82, 2.24) is 15.5 Å². The van der Waals surface area contributed by atoms with Gasteiger partial charge in [-0.15, -0.1) is 0 Å². The van der Waals surface area contributed by atoms with Crippen LogP contribution in [0.2, 0.25) is 0 Å². The predicted octanol–water partition coefficient (Wildman–Crippen LogP) is 2.74. The van der Waals surface area contributed by atoms with Crippen molar-refractivity contribution in [2.45, 2.75) is 57.6 Å². The highest BCUT2D eigenvalue weighted by atomic mass is 32.2. The van der Waals surface area contributed by atoms with Crippen LogP contribution in [0.15, 0.2) is 6.20 Å². The number of rotatable bonds is 4. The van der Waals surface area contributed by atoms with Gasteiger partial charge in [-0.05, 0) is 32.9 Å². The Bertz CT molecular complexity index is 484. The van der Waals surface area contributed by atoms with Crippen LogP contribution in [0.5, 0.6) is 0 Å². The van der Waals surface area contributed by atoms with Gasteiger partial charge < -0.3 is 10.1 Å². The van der Waals surface area contributed by atoms with Crippen molar-refractivity contribution in [2.75, 3.05) is 11.1 Å². The molecule has 21 heavy (non-hydrogen) atoms. The molecule has 118 valence electrons. The van der Waals surface area contributed by atoms with Gasteiger partial charge in [-0.3, -0.25) is 10.4 Å². The van der Waals surface area contributed by atoms with Crippen LogP contribution in [0.25, 0.3) is 0 Å². The molecule has 1 amide bonds. The molecule has 0 aromatic carbocycles. The minimum absolute atomic E-state index is 0.474. The second-order valence-electron chi connectivity index (χ2n) is 6.25. The summed E-state index contributed by atoms with van der Waals surface area (Å²) in [7, 11) is 0. The van der Waals surface area contributed by atoms with Gasteiger partial charge in [-0.1, -0.05) is 6.92 Å². The number of ether oxygens (including phenoxy) is 1. The van der Waals surface area contributed by atoms with Gasteiger partial charge in [0.15, 0.2) is 0 Å². The Morgan fingerprint density at radius 3 is 2.95 bits per heavy atom. The monoisotopic (exact) mass is 312 g/mol. The molecule has 3 N–H and O–H groups in total. The zero-order valence-electron chi connectivity index (χ0n) is 13.0. The molecule has 2 rings (SSSR count). The van der Waals surface area contributed by atoms with Crippen molar-refractivity contribution >= 4 is 23.7 Å². The van der Waals surface area contributed by atoms with Gasteiger partial charge in [0.2, 0.25) is 0 Å². The van der Waals surface area contributed by atoms with E-state index in [9.17, 15) is 4.79 Å². The lowest BCUT2D eigenvalue weighted by Gasteiger charge is -2.20. The molecule has 2 unspecified atom stereocenters. The first kappa shape index (κ1) is 16.2. The molecule has 1 aliphatic heterocycles. The average molecular weight is 312 g/mol. The van der Waals surface area contributed by atoms with E-state index in [0.29, 0.717) is 23.7 Å². The lowest BCUT2D eigenvalue weighted by Crippen LogP contribution is -2.33. The van der Waals surface area contributed by atoms with Crippen molar-refractivity contribution in [3.05, 3.63) is 11.8 Å². The first-order valence-electron chi connectivity index (χ1n) is 7.22. The summed E-state index contributed by atoms with van der Waals surface area (Å²) in [6.07, 6.45) is 2.43. The maximum atomic E-state index is 11.8. The van der Waals surface area contributed by atoms with E-state index in [-0.39, 0.29) is 0 Å². The summed E-state index contributed by atoms with van der Waals surface area (Å²) in [5, 5.41) is 13.7. The van der Waals surface area contributed by atoms with Crippen LogP contribution in [-0.4, -0.2) is 38.9 Å². The third-order valence-electron chi connectivity index (χ3n) is 3.27. The fourth-order valence-corrected chi connectivity index (χ4v) is 3.43. The first-order valence-corrected chi connectivity index (χ1v) is 8.27. The van der Waals surface area contributed by atoms with Crippen molar-refractivity contribution in [2.24, 2.45) is 0 Å². The summed E-state index contributed by atoms with van der Waals surface area (Å²) in [6.45, 7) is 8.42. The fourth-order valence-electron chi connectivity index (χ4n) is 2.20. The zero-order chi connectivity index (χ0) is 15.5. The number of carbonyl (C=O) groups is 1. The van der Waals surface area contributed by atoms with E-state index in [1.54, 1.807) is 6.20 Å². The molecule has 0 saturated carbocycles. The Hall–Kier alpha value is -1.21. The van der Waals surface area contributed by atoms with Crippen LogP contribution in [0.4, 0.5) is 10.6 Å². The summed E-state index contributed by atoms with van der Waals surface area (Å²) >= 11 is 1.99. The average Bonchev–Trinajstić information content (AvgIpc) is 2.93. The molecule has 2 atom stereocenters. The number of thioether (sulfide) groups is 1. The lowest BCUT2D eigenvalue weighted by atomic mass is 10.1. The minimum atomic E-state index is -0.515. The number of hydrogen-bond acceptors (Lipinski definition) is 5. The molecule has 1 aromatic heterocycles. The predicted molar refractivity (Wildman–Crippen MR) is 85.6 cm³/mol. The molecule has 7 heteroatoms. The number of H-pyrrole nitrogens is 1. The number of carbonyl (C=O) groups excluding carboxylic acids is 1. The number of nitrogens with zero attached hydrogens (tertiary/aromatic N) is 1. The van der Waals surface area contributed by atoms with E-state index in [0.717, 1.165) is 5.56 Å². The van der Waals surface area contributed by atoms with Crippen molar-refractivity contribution in [3.8, 4) is 0 Å². The minimum Gasteiger partial charge on any atom is -0.444 e. The van der Waals surface area contributed by atoms with Gasteiger partial charge in [0, 0.05) is 23.4 Å². The molecule has 0 spiro atoms. The number of aromatic amines is 1. The molecular formula is C14H24N4O2S. The highest BCUT2D eigenvalue weighted by molar-refractivity contribution is 8.00. The molecule has 1 aliphatic rings. The topological polar surface area (TPSA) is 79.0 Å². The number of amides is 1. The molecule has 0 bridgehead atoms. The Balaban J connectivity index is 1.88. The Morgan fingerprint density at radius 2 is 2.33 bits per heavy atom. The molecule has 0 aliphatic carbocycles. The summed E-state index contributed by atoms with van der Waals surface area (Å²) < 4.78 is 5.24. The van der Waals surface area contributed by atoms with E-state index in [2.05, 4.69) is 27.8 Å². The summed E-state index contributed by atoms with van der Waals surface area (Å²) in [5.74, 6) is 1.79. The number of hydrogen-bond donors (Lipinski definition) is 3. The van der Waals surface area contributed by atoms with Gasteiger partial charge >= 0.3 is 6.09 Å². The third kappa shape index (κ3) is 4.93. The SMILES string of the molecule is CC1SCCC1NCc1cn[nH]c1NC(=O)OC(C)(C)C. The van der Waals surface area contributed by atoms with E-state index in [4.69, 9.17) is 4.74 Å². The van der Waals surface area contributed by atoms with Crippen molar-refractivity contribution in [3.63, 3.8) is 0 Å². The lowest BCUT2D eigenvalue weighted by molar-refractivity contribution is 0.0635. The molecule has 2 heterocycles. The number of anilines is 1. The van der Waals surface area contributed by atoms with E-state index < -0.39 is 11.7 Å². The van der Waals surface area contributed by atoms with Crippen LogP contribution in [0.3, 0.4) is 0 Å². The summed E-state index contributed by atoms with van der Waals surface area (Å²) in [4.78, 5) is 11.8. The van der Waals surface area contributed by atoms with Crippen LogP contribution in [0, 0.1) is 0 Å². The normalized spacial score (nSPS) is 22.3. The van der Waals surface area contributed by atoms with Crippen LogP contribution in [0.1, 0.15) is 39.7 Å². The molecule has 0 radical (unpaired) electrons. The zero-order valence-corrected chi connectivity index (χ0v) is 13.8. The summed E-state index contributed by atoms with van der Waals surface area (Å²) in [5.41, 5.74) is 0.420. The number of aromatic nitrogens is 2. The molecule has 1 saturated heterocycles. The van der Waals surface area contributed by atoms with Crippen molar-refractivity contribution in [1.29, 1.82) is 0 Å². The van der Waals surface area contributed by atoms with Gasteiger partial charge in [-0.2, -0.15) is 16.9 Å². The van der Waals surface area contributed by atoms with E-state index >= 15 is 0 Å². The second kappa shape index (κ2) is 6.70. The fraction of sp³-hybridized carbons (Fsp3) is 0.714. The van der Waals surface area contributed by atoms with E-state index in [1.807, 2.05) is 32.5 Å². The second-order valence-corrected chi connectivity index (χ2v) is 7.73. The van der Waals surface area contributed by atoms with Crippen LogP contribution >= 0.6 is 11.8 Å². The third-order valence-corrected chi connectivity index (χ3v) is 4.60. The van der Waals surface area contributed by atoms with E-state index in [1.165, 1.54) is 12.2 Å². The van der Waals surface area contributed by atoms with Gasteiger partial charge in [-0.25, -0.2) is 4.79 Å². The van der Waals surface area contributed by atoms with Crippen molar-refractivity contribution < 1.29 is 9.53 Å². The van der Waals surface area contributed by atoms with Crippen LogP contribution in [-0.2, 0) is 11.3 Å². The smallest absolute Gasteiger partial charge is 0.413 e. The highest BCUT2D eigenvalue weighted by Gasteiger charge is 2.24.